The van der Waals surface area contributed by atoms with Crippen LogP contribution in [0.2, 0.25) is 0 Å². The topological polar surface area (TPSA) is 25.8 Å². The monoisotopic (exact) mass is 184 g/mol. The molecule has 0 amide bonds. The Balaban J connectivity index is 2.46. The van der Waals surface area contributed by atoms with Gasteiger partial charge in [0.2, 0.25) is 0 Å². The Labute approximate surface area is 83.3 Å². The zero-order valence-corrected chi connectivity index (χ0v) is 8.14. The minimum Gasteiger partial charge on any atom is -0.244 e. The third-order valence-corrected chi connectivity index (χ3v) is 2.07. The Morgan fingerprint density at radius 1 is 1.36 bits per heavy atom. The van der Waals surface area contributed by atoms with Gasteiger partial charge in [-0.2, -0.15) is 0 Å². The number of aromatic nitrogens is 2. The second kappa shape index (κ2) is 4.01. The van der Waals surface area contributed by atoms with Crippen LogP contribution in [0.1, 0.15) is 18.9 Å². The van der Waals surface area contributed by atoms with Gasteiger partial charge in [0.1, 0.15) is 6.33 Å². The Hall–Kier alpha value is -1.70. The van der Waals surface area contributed by atoms with Gasteiger partial charge >= 0.3 is 0 Å². The molecular weight excluding hydrogens is 172 g/mol. The van der Waals surface area contributed by atoms with Crippen LogP contribution in [0, 0.1) is 0 Å². The zero-order chi connectivity index (χ0) is 9.80. The maximum atomic E-state index is 4.17. The fraction of sp³-hybridized carbons (Fsp3) is 0.167. The highest BCUT2D eigenvalue weighted by Crippen LogP contribution is 2.13. The van der Waals surface area contributed by atoms with E-state index < -0.39 is 0 Å². The number of nitrogens with zero attached hydrogens (tertiary/aromatic N) is 2. The van der Waals surface area contributed by atoms with Crippen molar-refractivity contribution in [3.63, 3.8) is 0 Å². The Bertz CT molecular complexity index is 461. The van der Waals surface area contributed by atoms with E-state index in [-0.39, 0.29) is 0 Å². The van der Waals surface area contributed by atoms with Crippen molar-refractivity contribution in [2.24, 2.45) is 0 Å². The van der Waals surface area contributed by atoms with E-state index in [1.54, 1.807) is 6.33 Å². The van der Waals surface area contributed by atoms with Crippen LogP contribution < -0.4 is 0 Å². The van der Waals surface area contributed by atoms with Gasteiger partial charge in [0.05, 0.1) is 5.52 Å². The summed E-state index contributed by atoms with van der Waals surface area (Å²) in [6.07, 6.45) is 8.73. The molecule has 2 aromatic rings. The molecule has 0 N–H and O–H groups in total. The van der Waals surface area contributed by atoms with Crippen LogP contribution in [-0.2, 0) is 0 Å². The number of benzene rings is 1. The molecule has 14 heavy (non-hydrogen) atoms. The van der Waals surface area contributed by atoms with Crippen molar-refractivity contribution in [1.82, 2.24) is 9.97 Å². The van der Waals surface area contributed by atoms with Crippen molar-refractivity contribution >= 4 is 17.0 Å². The Morgan fingerprint density at radius 3 is 3.14 bits per heavy atom. The number of rotatable bonds is 2. The largest absolute Gasteiger partial charge is 0.244 e. The summed E-state index contributed by atoms with van der Waals surface area (Å²) >= 11 is 0. The molecule has 1 heterocycles. The molecule has 0 radical (unpaired) electrons. The first-order valence-corrected chi connectivity index (χ1v) is 4.76. The number of hydrogen-bond acceptors (Lipinski definition) is 2. The molecule has 0 saturated carbocycles. The van der Waals surface area contributed by atoms with E-state index in [0.29, 0.717) is 0 Å². The standard InChI is InChI=1S/C12H12N2/c1-2-3-4-10-5-6-12-11(7-10)8-13-9-14-12/h3-9H,2H2,1H3. The highest BCUT2D eigenvalue weighted by atomic mass is 14.8. The van der Waals surface area contributed by atoms with Gasteiger partial charge in [-0.25, -0.2) is 9.97 Å². The quantitative estimate of drug-likeness (QED) is 0.716. The van der Waals surface area contributed by atoms with Gasteiger partial charge in [0, 0.05) is 11.6 Å². The summed E-state index contributed by atoms with van der Waals surface area (Å²) in [5, 5.41) is 1.09. The minimum atomic E-state index is 0.994. The maximum absolute atomic E-state index is 4.17. The van der Waals surface area contributed by atoms with Crippen molar-refractivity contribution in [3.8, 4) is 0 Å². The summed E-state index contributed by atoms with van der Waals surface area (Å²) in [5.74, 6) is 0. The summed E-state index contributed by atoms with van der Waals surface area (Å²) in [5.41, 5.74) is 2.20. The average molecular weight is 184 g/mol. The first-order chi connectivity index (χ1) is 6.90. The highest BCUT2D eigenvalue weighted by Gasteiger charge is 1.93. The average Bonchev–Trinajstić information content (AvgIpc) is 2.26. The second-order valence-electron chi connectivity index (χ2n) is 3.15. The highest BCUT2D eigenvalue weighted by molar-refractivity contribution is 5.80. The summed E-state index contributed by atoms with van der Waals surface area (Å²) in [4.78, 5) is 8.17. The minimum absolute atomic E-state index is 0.994. The molecule has 0 fully saturated rings. The van der Waals surface area contributed by atoms with Crippen LogP contribution in [0.5, 0.6) is 0 Å². The van der Waals surface area contributed by atoms with E-state index in [1.165, 1.54) is 5.56 Å². The van der Waals surface area contributed by atoms with Crippen LogP contribution in [-0.4, -0.2) is 9.97 Å². The molecule has 0 atom stereocenters. The lowest BCUT2D eigenvalue weighted by Gasteiger charge is -1.97. The summed E-state index contributed by atoms with van der Waals surface area (Å²) in [6.45, 7) is 2.13. The first kappa shape index (κ1) is 8.88. The molecule has 2 nitrogen and oxygen atoms in total. The molecule has 0 aliphatic rings. The van der Waals surface area contributed by atoms with Crippen molar-refractivity contribution in [2.45, 2.75) is 13.3 Å². The molecule has 70 valence electrons. The molecule has 0 saturated heterocycles. The van der Waals surface area contributed by atoms with E-state index in [1.807, 2.05) is 12.3 Å². The summed E-state index contributed by atoms with van der Waals surface area (Å²) < 4.78 is 0. The molecule has 2 rings (SSSR count). The van der Waals surface area contributed by atoms with E-state index >= 15 is 0 Å². The third-order valence-electron chi connectivity index (χ3n) is 2.07. The van der Waals surface area contributed by atoms with Gasteiger partial charge < -0.3 is 0 Å². The summed E-state index contributed by atoms with van der Waals surface area (Å²) in [7, 11) is 0. The van der Waals surface area contributed by atoms with Crippen molar-refractivity contribution in [3.05, 3.63) is 42.4 Å². The fourth-order valence-electron chi connectivity index (χ4n) is 1.36. The lowest BCUT2D eigenvalue weighted by atomic mass is 10.1. The molecule has 0 spiro atoms. The lowest BCUT2D eigenvalue weighted by molar-refractivity contribution is 1.22. The fourth-order valence-corrected chi connectivity index (χ4v) is 1.36. The van der Waals surface area contributed by atoms with Crippen molar-refractivity contribution in [1.29, 1.82) is 0 Å². The molecule has 0 aliphatic carbocycles. The number of hydrogen-bond donors (Lipinski definition) is 0. The zero-order valence-electron chi connectivity index (χ0n) is 8.14. The van der Waals surface area contributed by atoms with Crippen LogP contribution in [0.3, 0.4) is 0 Å². The lowest BCUT2D eigenvalue weighted by Crippen LogP contribution is -1.81. The smallest absolute Gasteiger partial charge is 0.116 e. The molecule has 1 aromatic carbocycles. The molecule has 0 aliphatic heterocycles. The van der Waals surface area contributed by atoms with Crippen LogP contribution in [0.15, 0.2) is 36.8 Å². The second-order valence-corrected chi connectivity index (χ2v) is 3.15. The van der Waals surface area contributed by atoms with E-state index in [9.17, 15) is 0 Å². The van der Waals surface area contributed by atoms with E-state index in [0.717, 1.165) is 17.3 Å². The van der Waals surface area contributed by atoms with Gasteiger partial charge in [0.25, 0.3) is 0 Å². The van der Waals surface area contributed by atoms with Gasteiger partial charge in [-0.05, 0) is 24.1 Å². The molecule has 2 heteroatoms. The first-order valence-electron chi connectivity index (χ1n) is 4.76. The predicted molar refractivity (Wildman–Crippen MR) is 58.9 cm³/mol. The summed E-state index contributed by atoms with van der Waals surface area (Å²) in [6, 6.07) is 6.19. The van der Waals surface area contributed by atoms with Gasteiger partial charge in [-0.1, -0.05) is 25.1 Å². The van der Waals surface area contributed by atoms with E-state index in [2.05, 4.69) is 41.2 Å². The van der Waals surface area contributed by atoms with Gasteiger partial charge in [-0.3, -0.25) is 0 Å². The normalized spacial score (nSPS) is 11.2. The van der Waals surface area contributed by atoms with E-state index in [4.69, 9.17) is 0 Å². The van der Waals surface area contributed by atoms with Crippen molar-refractivity contribution < 1.29 is 0 Å². The molecular formula is C12H12N2. The van der Waals surface area contributed by atoms with Gasteiger partial charge in [-0.15, -0.1) is 0 Å². The molecule has 0 bridgehead atoms. The SMILES string of the molecule is CCC=Cc1ccc2ncncc2c1. The predicted octanol–water partition coefficient (Wildman–Crippen LogP) is 3.05. The maximum Gasteiger partial charge on any atom is 0.116 e. The van der Waals surface area contributed by atoms with Gasteiger partial charge in [0.15, 0.2) is 0 Å². The van der Waals surface area contributed by atoms with Crippen molar-refractivity contribution in [2.75, 3.05) is 0 Å². The molecule has 1 aromatic heterocycles. The number of allylic oxidation sites excluding steroid dienone is 1. The van der Waals surface area contributed by atoms with Crippen LogP contribution >= 0.6 is 0 Å². The Kier molecular flexibility index (Phi) is 2.54. The van der Waals surface area contributed by atoms with Crippen LogP contribution in [0.4, 0.5) is 0 Å². The number of fused-ring (bicyclic) bond motifs is 1. The van der Waals surface area contributed by atoms with Crippen LogP contribution in [0.25, 0.3) is 17.0 Å². The Morgan fingerprint density at radius 2 is 2.29 bits per heavy atom. The third kappa shape index (κ3) is 1.79. The molecule has 0 unspecified atom stereocenters.